The summed E-state index contributed by atoms with van der Waals surface area (Å²) >= 11 is 11.7. The fourth-order valence-corrected chi connectivity index (χ4v) is 3.35. The number of esters is 1. The highest BCUT2D eigenvalue weighted by molar-refractivity contribution is 6.34. The molecular formula is C17H11Cl2F3O3. The Kier molecular flexibility index (Phi) is 4.37. The van der Waals surface area contributed by atoms with Gasteiger partial charge in [-0.25, -0.2) is 4.79 Å². The van der Waals surface area contributed by atoms with E-state index in [1.54, 1.807) is 0 Å². The minimum absolute atomic E-state index is 0.0427. The number of alkyl halides is 3. The Balaban J connectivity index is 2.12. The highest BCUT2D eigenvalue weighted by atomic mass is 35.5. The number of benzene rings is 2. The summed E-state index contributed by atoms with van der Waals surface area (Å²) in [7, 11) is 1.19. The summed E-state index contributed by atoms with van der Waals surface area (Å²) in [5.74, 6) is -0.598. The third-order valence-corrected chi connectivity index (χ3v) is 4.43. The lowest BCUT2D eigenvalue weighted by atomic mass is 9.88. The van der Waals surface area contributed by atoms with E-state index in [0.717, 1.165) is 0 Å². The SMILES string of the molecule is COC(=O)c1ccc2c(c1)CC(c1cc(Cl)cc(Cl)c1)(C(F)(F)F)O2. The molecule has 0 spiro atoms. The second-order valence-electron chi connectivity index (χ2n) is 5.58. The predicted octanol–water partition coefficient (Wildman–Crippen LogP) is 5.17. The second kappa shape index (κ2) is 6.11. The van der Waals surface area contributed by atoms with Gasteiger partial charge in [0.15, 0.2) is 0 Å². The maximum atomic E-state index is 14.0. The number of hydrogen-bond acceptors (Lipinski definition) is 3. The van der Waals surface area contributed by atoms with Crippen LogP contribution in [-0.4, -0.2) is 19.3 Å². The molecule has 0 fully saturated rings. The Hall–Kier alpha value is -1.92. The molecule has 0 amide bonds. The molecule has 8 heteroatoms. The summed E-state index contributed by atoms with van der Waals surface area (Å²) in [4.78, 5) is 11.6. The summed E-state index contributed by atoms with van der Waals surface area (Å²) in [6.45, 7) is 0. The van der Waals surface area contributed by atoms with E-state index in [4.69, 9.17) is 27.9 Å². The lowest BCUT2D eigenvalue weighted by molar-refractivity contribution is -0.248. The Morgan fingerprint density at radius 1 is 1.16 bits per heavy atom. The first-order valence-electron chi connectivity index (χ1n) is 7.10. The molecular weight excluding hydrogens is 380 g/mol. The van der Waals surface area contributed by atoms with Crippen molar-refractivity contribution in [2.24, 2.45) is 0 Å². The van der Waals surface area contributed by atoms with Gasteiger partial charge in [-0.05, 0) is 42.0 Å². The van der Waals surface area contributed by atoms with E-state index in [1.807, 2.05) is 0 Å². The smallest absolute Gasteiger partial charge is 0.432 e. The van der Waals surface area contributed by atoms with Crippen LogP contribution in [0.2, 0.25) is 10.0 Å². The first-order valence-corrected chi connectivity index (χ1v) is 7.85. The van der Waals surface area contributed by atoms with Gasteiger partial charge in [0.05, 0.1) is 12.7 Å². The van der Waals surface area contributed by atoms with Crippen LogP contribution in [0.5, 0.6) is 5.75 Å². The Morgan fingerprint density at radius 2 is 1.80 bits per heavy atom. The van der Waals surface area contributed by atoms with Crippen LogP contribution in [0.15, 0.2) is 36.4 Å². The van der Waals surface area contributed by atoms with E-state index in [-0.39, 0.29) is 32.5 Å². The number of halogens is 5. The van der Waals surface area contributed by atoms with E-state index in [2.05, 4.69) is 4.74 Å². The summed E-state index contributed by atoms with van der Waals surface area (Å²) in [6, 6.07) is 7.69. The summed E-state index contributed by atoms with van der Waals surface area (Å²) in [6.07, 6.45) is -5.24. The number of carbonyl (C=O) groups is 1. The van der Waals surface area contributed by atoms with E-state index >= 15 is 0 Å². The summed E-state index contributed by atoms with van der Waals surface area (Å²) in [5.41, 5.74) is -2.44. The zero-order valence-electron chi connectivity index (χ0n) is 12.8. The molecule has 1 atom stereocenters. The van der Waals surface area contributed by atoms with Crippen molar-refractivity contribution >= 4 is 29.2 Å². The van der Waals surface area contributed by atoms with Crippen molar-refractivity contribution < 1.29 is 27.4 Å². The van der Waals surface area contributed by atoms with Crippen molar-refractivity contribution in [3.63, 3.8) is 0 Å². The average Bonchev–Trinajstić information content (AvgIpc) is 2.93. The van der Waals surface area contributed by atoms with Crippen molar-refractivity contribution in [1.82, 2.24) is 0 Å². The van der Waals surface area contributed by atoms with Crippen LogP contribution < -0.4 is 4.74 Å². The van der Waals surface area contributed by atoms with Crippen molar-refractivity contribution in [1.29, 1.82) is 0 Å². The molecule has 1 aliphatic heterocycles. The first-order chi connectivity index (χ1) is 11.7. The molecule has 3 rings (SSSR count). The molecule has 0 radical (unpaired) electrons. The number of carbonyl (C=O) groups excluding carboxylic acids is 1. The van der Waals surface area contributed by atoms with Gasteiger partial charge in [-0.15, -0.1) is 0 Å². The normalized spacial score (nSPS) is 19.3. The van der Waals surface area contributed by atoms with Gasteiger partial charge in [-0.2, -0.15) is 13.2 Å². The Labute approximate surface area is 151 Å². The van der Waals surface area contributed by atoms with Crippen LogP contribution in [0.4, 0.5) is 13.2 Å². The monoisotopic (exact) mass is 390 g/mol. The van der Waals surface area contributed by atoms with Gasteiger partial charge < -0.3 is 9.47 Å². The maximum Gasteiger partial charge on any atom is 0.432 e. The Bertz CT molecular complexity index is 831. The summed E-state index contributed by atoms with van der Waals surface area (Å²) < 4.78 is 51.8. The number of fused-ring (bicyclic) bond motifs is 1. The highest BCUT2D eigenvalue weighted by Crippen LogP contribution is 2.51. The van der Waals surface area contributed by atoms with Crippen LogP contribution >= 0.6 is 23.2 Å². The molecule has 132 valence electrons. The second-order valence-corrected chi connectivity index (χ2v) is 6.45. The number of rotatable bonds is 2. The van der Waals surface area contributed by atoms with Crippen LogP contribution in [0.25, 0.3) is 0 Å². The minimum Gasteiger partial charge on any atom is -0.472 e. The minimum atomic E-state index is -4.73. The molecule has 2 aromatic carbocycles. The summed E-state index contributed by atoms with van der Waals surface area (Å²) in [5, 5.41) is 0.141. The van der Waals surface area contributed by atoms with E-state index in [0.29, 0.717) is 0 Å². The third-order valence-electron chi connectivity index (χ3n) is 3.99. The molecule has 0 saturated carbocycles. The lowest BCUT2D eigenvalue weighted by Crippen LogP contribution is -2.46. The fourth-order valence-electron chi connectivity index (χ4n) is 2.82. The molecule has 0 bridgehead atoms. The molecule has 0 saturated heterocycles. The fraction of sp³-hybridized carbons (Fsp3) is 0.235. The van der Waals surface area contributed by atoms with Gasteiger partial charge >= 0.3 is 12.1 Å². The van der Waals surface area contributed by atoms with Gasteiger partial charge in [0.2, 0.25) is 5.60 Å². The van der Waals surface area contributed by atoms with Crippen molar-refractivity contribution in [2.45, 2.75) is 18.2 Å². The molecule has 3 nitrogen and oxygen atoms in total. The van der Waals surface area contributed by atoms with E-state index in [9.17, 15) is 18.0 Å². The van der Waals surface area contributed by atoms with Gasteiger partial charge in [0, 0.05) is 22.0 Å². The van der Waals surface area contributed by atoms with E-state index < -0.39 is 24.2 Å². The topological polar surface area (TPSA) is 35.5 Å². The quantitative estimate of drug-likeness (QED) is 0.663. The standard InChI is InChI=1S/C17H11Cl2F3O3/c1-24-15(23)9-2-3-14-10(4-9)8-16(25-14,17(20,21)22)11-5-12(18)7-13(19)6-11/h2-7H,8H2,1H3. The molecule has 0 N–H and O–H groups in total. The largest absolute Gasteiger partial charge is 0.472 e. The average molecular weight is 391 g/mol. The van der Waals surface area contributed by atoms with Gasteiger partial charge in [-0.1, -0.05) is 23.2 Å². The number of ether oxygens (including phenoxy) is 2. The molecule has 1 unspecified atom stereocenters. The first kappa shape index (κ1) is 17.9. The number of methoxy groups -OCH3 is 1. The van der Waals surface area contributed by atoms with Crippen LogP contribution in [0, 0.1) is 0 Å². The number of hydrogen-bond donors (Lipinski definition) is 0. The van der Waals surface area contributed by atoms with Crippen molar-refractivity contribution in [2.75, 3.05) is 7.11 Å². The van der Waals surface area contributed by atoms with Gasteiger partial charge in [0.1, 0.15) is 5.75 Å². The van der Waals surface area contributed by atoms with Crippen molar-refractivity contribution in [3.8, 4) is 5.75 Å². The molecule has 0 aliphatic carbocycles. The Morgan fingerprint density at radius 3 is 2.36 bits per heavy atom. The zero-order chi connectivity index (χ0) is 18.4. The van der Waals surface area contributed by atoms with E-state index in [1.165, 1.54) is 43.5 Å². The maximum absolute atomic E-state index is 14.0. The van der Waals surface area contributed by atoms with Crippen LogP contribution in [-0.2, 0) is 16.8 Å². The molecule has 1 heterocycles. The molecule has 0 aromatic heterocycles. The van der Waals surface area contributed by atoms with Crippen molar-refractivity contribution in [3.05, 3.63) is 63.1 Å². The highest BCUT2D eigenvalue weighted by Gasteiger charge is 2.61. The molecule has 1 aliphatic rings. The van der Waals surface area contributed by atoms with Crippen LogP contribution in [0.1, 0.15) is 21.5 Å². The predicted molar refractivity (Wildman–Crippen MR) is 86.3 cm³/mol. The van der Waals surface area contributed by atoms with Gasteiger partial charge in [0.25, 0.3) is 0 Å². The van der Waals surface area contributed by atoms with Gasteiger partial charge in [-0.3, -0.25) is 0 Å². The molecule has 2 aromatic rings. The lowest BCUT2D eigenvalue weighted by Gasteiger charge is -2.31. The third kappa shape index (κ3) is 3.04. The van der Waals surface area contributed by atoms with Crippen LogP contribution in [0.3, 0.4) is 0 Å². The molecule has 25 heavy (non-hydrogen) atoms. The zero-order valence-corrected chi connectivity index (χ0v) is 14.3.